The SMILES string of the molecule is CCOC(=O)Cc1nc(-c2ccc(C)cc2)co1. The maximum Gasteiger partial charge on any atom is 0.315 e. The number of ether oxygens (including phenoxy) is 1. The lowest BCUT2D eigenvalue weighted by Gasteiger charge is -1.97. The summed E-state index contributed by atoms with van der Waals surface area (Å²) in [6, 6.07) is 7.97. The Morgan fingerprint density at radius 2 is 2.06 bits per heavy atom. The molecule has 2 aromatic rings. The summed E-state index contributed by atoms with van der Waals surface area (Å²) in [5.41, 5.74) is 2.89. The summed E-state index contributed by atoms with van der Waals surface area (Å²) in [6.07, 6.45) is 1.62. The molecule has 0 aliphatic heterocycles. The zero-order valence-corrected chi connectivity index (χ0v) is 10.5. The molecule has 0 spiro atoms. The minimum atomic E-state index is -0.324. The number of nitrogens with zero attached hydrogens (tertiary/aromatic N) is 1. The molecule has 0 radical (unpaired) electrons. The van der Waals surface area contributed by atoms with Gasteiger partial charge in [-0.3, -0.25) is 4.79 Å². The van der Waals surface area contributed by atoms with Crippen LogP contribution in [-0.4, -0.2) is 17.6 Å². The number of aromatic nitrogens is 1. The van der Waals surface area contributed by atoms with Crippen molar-refractivity contribution in [2.75, 3.05) is 6.61 Å². The van der Waals surface area contributed by atoms with Gasteiger partial charge in [-0.2, -0.15) is 0 Å². The molecule has 0 fully saturated rings. The Morgan fingerprint density at radius 1 is 1.33 bits per heavy atom. The van der Waals surface area contributed by atoms with Crippen LogP contribution in [0, 0.1) is 6.92 Å². The van der Waals surface area contributed by atoms with Crippen LogP contribution < -0.4 is 0 Å². The van der Waals surface area contributed by atoms with Gasteiger partial charge in [0.25, 0.3) is 0 Å². The topological polar surface area (TPSA) is 52.3 Å². The molecule has 1 aromatic carbocycles. The third-order valence-electron chi connectivity index (χ3n) is 2.50. The van der Waals surface area contributed by atoms with E-state index < -0.39 is 0 Å². The predicted molar refractivity (Wildman–Crippen MR) is 67.0 cm³/mol. The van der Waals surface area contributed by atoms with Gasteiger partial charge in [-0.25, -0.2) is 4.98 Å². The number of rotatable bonds is 4. The van der Waals surface area contributed by atoms with Crippen molar-refractivity contribution < 1.29 is 13.9 Å². The molecule has 1 heterocycles. The van der Waals surface area contributed by atoms with E-state index in [1.165, 1.54) is 5.56 Å². The lowest BCUT2D eigenvalue weighted by atomic mass is 10.1. The standard InChI is InChI=1S/C14H15NO3/c1-3-17-14(16)8-13-15-12(9-18-13)11-6-4-10(2)5-7-11/h4-7,9H,3,8H2,1-2H3. The number of carbonyl (C=O) groups excluding carboxylic acids is 1. The molecule has 2 rings (SSSR count). The van der Waals surface area contributed by atoms with Crippen molar-refractivity contribution in [1.29, 1.82) is 0 Å². The van der Waals surface area contributed by atoms with Gasteiger partial charge in [-0.1, -0.05) is 29.8 Å². The molecule has 0 aliphatic carbocycles. The summed E-state index contributed by atoms with van der Waals surface area (Å²) in [4.78, 5) is 15.5. The highest BCUT2D eigenvalue weighted by atomic mass is 16.5. The summed E-state index contributed by atoms with van der Waals surface area (Å²) in [5, 5.41) is 0. The fourth-order valence-electron chi connectivity index (χ4n) is 1.58. The van der Waals surface area contributed by atoms with Gasteiger partial charge in [0.15, 0.2) is 0 Å². The van der Waals surface area contributed by atoms with E-state index in [4.69, 9.17) is 9.15 Å². The Morgan fingerprint density at radius 3 is 2.72 bits per heavy atom. The second-order valence-electron chi connectivity index (χ2n) is 3.97. The second-order valence-corrected chi connectivity index (χ2v) is 3.97. The van der Waals surface area contributed by atoms with Gasteiger partial charge in [-0.05, 0) is 13.8 Å². The monoisotopic (exact) mass is 245 g/mol. The minimum absolute atomic E-state index is 0.0691. The summed E-state index contributed by atoms with van der Waals surface area (Å²) < 4.78 is 10.1. The fourth-order valence-corrected chi connectivity index (χ4v) is 1.58. The predicted octanol–water partition coefficient (Wildman–Crippen LogP) is 2.76. The van der Waals surface area contributed by atoms with Crippen LogP contribution in [0.15, 0.2) is 34.9 Å². The molecular formula is C14H15NO3. The van der Waals surface area contributed by atoms with E-state index in [0.29, 0.717) is 12.5 Å². The van der Waals surface area contributed by atoms with Crippen molar-refractivity contribution in [3.05, 3.63) is 42.0 Å². The molecule has 4 nitrogen and oxygen atoms in total. The van der Waals surface area contributed by atoms with E-state index in [0.717, 1.165) is 11.3 Å². The first kappa shape index (κ1) is 12.4. The van der Waals surface area contributed by atoms with E-state index in [-0.39, 0.29) is 12.4 Å². The number of hydrogen-bond acceptors (Lipinski definition) is 4. The van der Waals surface area contributed by atoms with Gasteiger partial charge in [0.1, 0.15) is 18.4 Å². The van der Waals surface area contributed by atoms with Crippen molar-refractivity contribution in [3.63, 3.8) is 0 Å². The van der Waals surface area contributed by atoms with Crippen molar-refractivity contribution in [1.82, 2.24) is 4.98 Å². The van der Waals surface area contributed by atoms with E-state index in [1.54, 1.807) is 13.2 Å². The Hall–Kier alpha value is -2.10. The van der Waals surface area contributed by atoms with Crippen LogP contribution in [0.1, 0.15) is 18.4 Å². The van der Waals surface area contributed by atoms with Crippen LogP contribution in [0.25, 0.3) is 11.3 Å². The Labute approximate surface area is 106 Å². The first-order chi connectivity index (χ1) is 8.69. The smallest absolute Gasteiger partial charge is 0.315 e. The Balaban J connectivity index is 2.10. The lowest BCUT2D eigenvalue weighted by Crippen LogP contribution is -2.07. The highest BCUT2D eigenvalue weighted by Crippen LogP contribution is 2.19. The van der Waals surface area contributed by atoms with Gasteiger partial charge in [0.05, 0.1) is 6.61 Å². The average molecular weight is 245 g/mol. The average Bonchev–Trinajstić information content (AvgIpc) is 2.78. The van der Waals surface area contributed by atoms with Crippen molar-refractivity contribution in [2.24, 2.45) is 0 Å². The number of esters is 1. The third-order valence-corrected chi connectivity index (χ3v) is 2.50. The van der Waals surface area contributed by atoms with Crippen molar-refractivity contribution >= 4 is 5.97 Å². The number of carbonyl (C=O) groups is 1. The van der Waals surface area contributed by atoms with Crippen molar-refractivity contribution in [3.8, 4) is 11.3 Å². The summed E-state index contributed by atoms with van der Waals surface area (Å²) in [5.74, 6) is 0.0545. The zero-order valence-electron chi connectivity index (χ0n) is 10.5. The number of benzene rings is 1. The molecular weight excluding hydrogens is 230 g/mol. The van der Waals surface area contributed by atoms with E-state index in [1.807, 2.05) is 31.2 Å². The number of hydrogen-bond donors (Lipinski definition) is 0. The van der Waals surface area contributed by atoms with Gasteiger partial charge in [-0.15, -0.1) is 0 Å². The first-order valence-electron chi connectivity index (χ1n) is 5.86. The Bertz CT molecular complexity index is 528. The molecule has 94 valence electrons. The van der Waals surface area contributed by atoms with E-state index >= 15 is 0 Å². The quantitative estimate of drug-likeness (QED) is 0.777. The van der Waals surface area contributed by atoms with Gasteiger partial charge in [0, 0.05) is 5.56 Å². The normalized spacial score (nSPS) is 10.3. The third kappa shape index (κ3) is 2.97. The summed E-state index contributed by atoms with van der Waals surface area (Å²) in [7, 11) is 0. The molecule has 0 amide bonds. The van der Waals surface area contributed by atoms with Gasteiger partial charge >= 0.3 is 5.97 Å². The van der Waals surface area contributed by atoms with Crippen LogP contribution in [-0.2, 0) is 16.0 Å². The highest BCUT2D eigenvalue weighted by molar-refractivity contribution is 5.71. The molecule has 0 bridgehead atoms. The maximum absolute atomic E-state index is 11.3. The summed E-state index contributed by atoms with van der Waals surface area (Å²) >= 11 is 0. The molecule has 4 heteroatoms. The molecule has 0 N–H and O–H groups in total. The number of aryl methyl sites for hydroxylation is 1. The van der Waals surface area contributed by atoms with Crippen LogP contribution in [0.5, 0.6) is 0 Å². The Kier molecular flexibility index (Phi) is 3.77. The molecule has 18 heavy (non-hydrogen) atoms. The molecule has 0 unspecified atom stereocenters. The molecule has 1 aromatic heterocycles. The minimum Gasteiger partial charge on any atom is -0.466 e. The van der Waals surface area contributed by atoms with Gasteiger partial charge < -0.3 is 9.15 Å². The molecule has 0 atom stereocenters. The van der Waals surface area contributed by atoms with Crippen LogP contribution in [0.2, 0.25) is 0 Å². The first-order valence-corrected chi connectivity index (χ1v) is 5.86. The second kappa shape index (κ2) is 5.49. The van der Waals surface area contributed by atoms with Crippen LogP contribution >= 0.6 is 0 Å². The highest BCUT2D eigenvalue weighted by Gasteiger charge is 2.11. The van der Waals surface area contributed by atoms with Crippen LogP contribution in [0.4, 0.5) is 0 Å². The number of oxazole rings is 1. The van der Waals surface area contributed by atoms with E-state index in [2.05, 4.69) is 4.98 Å². The summed E-state index contributed by atoms with van der Waals surface area (Å²) in [6.45, 7) is 4.16. The lowest BCUT2D eigenvalue weighted by molar-refractivity contribution is -0.142. The maximum atomic E-state index is 11.3. The van der Waals surface area contributed by atoms with Gasteiger partial charge in [0.2, 0.25) is 5.89 Å². The van der Waals surface area contributed by atoms with Crippen LogP contribution in [0.3, 0.4) is 0 Å². The largest absolute Gasteiger partial charge is 0.466 e. The molecule has 0 saturated heterocycles. The fraction of sp³-hybridized carbons (Fsp3) is 0.286. The molecule has 0 aliphatic rings. The van der Waals surface area contributed by atoms with E-state index in [9.17, 15) is 4.79 Å². The zero-order chi connectivity index (χ0) is 13.0. The molecule has 0 saturated carbocycles. The van der Waals surface area contributed by atoms with Crippen molar-refractivity contribution in [2.45, 2.75) is 20.3 Å².